The van der Waals surface area contributed by atoms with Crippen molar-refractivity contribution in [2.45, 2.75) is 18.2 Å². The van der Waals surface area contributed by atoms with Gasteiger partial charge < -0.3 is 4.90 Å². The van der Waals surface area contributed by atoms with Gasteiger partial charge in [0.2, 0.25) is 5.13 Å². The van der Waals surface area contributed by atoms with E-state index in [9.17, 15) is 8.42 Å². The van der Waals surface area contributed by atoms with Gasteiger partial charge >= 0.3 is 0 Å². The van der Waals surface area contributed by atoms with E-state index in [0.717, 1.165) is 48.0 Å². The summed E-state index contributed by atoms with van der Waals surface area (Å²) < 4.78 is 30.1. The fourth-order valence-electron chi connectivity index (χ4n) is 2.69. The molecule has 0 amide bonds. The van der Waals surface area contributed by atoms with Crippen molar-refractivity contribution < 1.29 is 8.42 Å². The largest absolute Gasteiger partial charge is 0.344 e. The Bertz CT molecular complexity index is 800. The molecule has 0 radical (unpaired) electrons. The van der Waals surface area contributed by atoms with Gasteiger partial charge in [-0.3, -0.25) is 4.90 Å². The van der Waals surface area contributed by atoms with E-state index < -0.39 is 9.84 Å². The Labute approximate surface area is 161 Å². The highest BCUT2D eigenvalue weighted by Crippen LogP contribution is 2.20. The molecule has 1 aliphatic rings. The van der Waals surface area contributed by atoms with Gasteiger partial charge in [0, 0.05) is 55.1 Å². The number of sulfone groups is 1. The van der Waals surface area contributed by atoms with E-state index in [1.807, 2.05) is 0 Å². The third kappa shape index (κ3) is 4.78. The van der Waals surface area contributed by atoms with Gasteiger partial charge in [0.1, 0.15) is 5.82 Å². The Morgan fingerprint density at radius 2 is 1.84 bits per heavy atom. The summed E-state index contributed by atoms with van der Waals surface area (Å²) in [7, 11) is -3.24. The maximum Gasteiger partial charge on any atom is 0.205 e. The third-order valence-electron chi connectivity index (χ3n) is 4.27. The molecule has 1 saturated heterocycles. The van der Waals surface area contributed by atoms with Crippen LogP contribution in [0.4, 0.5) is 5.13 Å². The quantitative estimate of drug-likeness (QED) is 0.681. The first kappa shape index (κ1) is 18.8. The molecular formula is C16H21BrN4O2S2. The molecule has 1 aromatic heterocycles. The Hall–Kier alpha value is -1.03. The SMILES string of the molecule is CCc1nsc(N2CCN(CCS(=O)(=O)c3ccc(Br)cc3)CC2)n1. The van der Waals surface area contributed by atoms with E-state index in [1.165, 1.54) is 11.5 Å². The normalized spacial score (nSPS) is 16.3. The van der Waals surface area contributed by atoms with Gasteiger partial charge in [-0.05, 0) is 24.3 Å². The zero-order valence-electron chi connectivity index (χ0n) is 14.1. The molecule has 25 heavy (non-hydrogen) atoms. The van der Waals surface area contributed by atoms with Crippen molar-refractivity contribution in [1.29, 1.82) is 0 Å². The number of nitrogens with zero attached hydrogens (tertiary/aromatic N) is 4. The Morgan fingerprint density at radius 3 is 2.44 bits per heavy atom. The van der Waals surface area contributed by atoms with Crippen LogP contribution in [0.15, 0.2) is 33.6 Å². The molecule has 3 rings (SSSR count). The molecule has 1 aliphatic heterocycles. The summed E-state index contributed by atoms with van der Waals surface area (Å²) in [6, 6.07) is 6.83. The summed E-state index contributed by atoms with van der Waals surface area (Å²) >= 11 is 4.77. The van der Waals surface area contributed by atoms with Gasteiger partial charge in [0.15, 0.2) is 9.84 Å². The van der Waals surface area contributed by atoms with E-state index >= 15 is 0 Å². The number of hydrogen-bond acceptors (Lipinski definition) is 7. The lowest BCUT2D eigenvalue weighted by Crippen LogP contribution is -2.47. The second kappa shape index (κ2) is 8.11. The maximum atomic E-state index is 12.4. The monoisotopic (exact) mass is 444 g/mol. The molecule has 2 heterocycles. The van der Waals surface area contributed by atoms with Crippen molar-refractivity contribution in [3.63, 3.8) is 0 Å². The number of halogens is 1. The smallest absolute Gasteiger partial charge is 0.205 e. The highest BCUT2D eigenvalue weighted by molar-refractivity contribution is 9.10. The molecule has 0 unspecified atom stereocenters. The fraction of sp³-hybridized carbons (Fsp3) is 0.500. The van der Waals surface area contributed by atoms with E-state index in [2.05, 4.69) is 42.0 Å². The lowest BCUT2D eigenvalue weighted by atomic mass is 10.3. The highest BCUT2D eigenvalue weighted by Gasteiger charge is 2.22. The maximum absolute atomic E-state index is 12.4. The molecule has 136 valence electrons. The van der Waals surface area contributed by atoms with Crippen LogP contribution in [0.2, 0.25) is 0 Å². The van der Waals surface area contributed by atoms with Gasteiger partial charge in [-0.25, -0.2) is 13.4 Å². The van der Waals surface area contributed by atoms with Crippen LogP contribution in [0.3, 0.4) is 0 Å². The van der Waals surface area contributed by atoms with E-state index in [1.54, 1.807) is 24.3 Å². The van der Waals surface area contributed by atoms with E-state index in [4.69, 9.17) is 0 Å². The molecular weight excluding hydrogens is 424 g/mol. The van der Waals surface area contributed by atoms with Crippen molar-refractivity contribution in [3.05, 3.63) is 34.6 Å². The van der Waals surface area contributed by atoms with Gasteiger partial charge in [-0.15, -0.1) is 0 Å². The molecule has 0 spiro atoms. The third-order valence-corrected chi connectivity index (χ3v) is 7.32. The summed E-state index contributed by atoms with van der Waals surface area (Å²) in [5.74, 6) is 1.04. The average Bonchev–Trinajstić information content (AvgIpc) is 3.10. The summed E-state index contributed by atoms with van der Waals surface area (Å²) in [6.45, 7) is 6.01. The van der Waals surface area contributed by atoms with Crippen molar-refractivity contribution in [3.8, 4) is 0 Å². The summed E-state index contributed by atoms with van der Waals surface area (Å²) in [4.78, 5) is 9.34. The number of piperazine rings is 1. The first-order valence-corrected chi connectivity index (χ1v) is 11.5. The molecule has 0 bridgehead atoms. The zero-order valence-corrected chi connectivity index (χ0v) is 17.3. The van der Waals surface area contributed by atoms with Crippen LogP contribution in [0, 0.1) is 0 Å². The predicted molar refractivity (Wildman–Crippen MR) is 104 cm³/mol. The average molecular weight is 445 g/mol. The van der Waals surface area contributed by atoms with E-state index in [-0.39, 0.29) is 5.75 Å². The minimum Gasteiger partial charge on any atom is -0.344 e. The number of anilines is 1. The topological polar surface area (TPSA) is 66.4 Å². The molecule has 0 saturated carbocycles. The molecule has 1 aromatic carbocycles. The van der Waals surface area contributed by atoms with Gasteiger partial charge in [-0.2, -0.15) is 4.37 Å². The number of hydrogen-bond donors (Lipinski definition) is 0. The number of benzene rings is 1. The van der Waals surface area contributed by atoms with Crippen LogP contribution in [0.5, 0.6) is 0 Å². The fourth-order valence-corrected chi connectivity index (χ4v) is 5.04. The van der Waals surface area contributed by atoms with E-state index in [0.29, 0.717) is 11.4 Å². The molecule has 0 N–H and O–H groups in total. The minimum absolute atomic E-state index is 0.146. The summed E-state index contributed by atoms with van der Waals surface area (Å²) in [6.07, 6.45) is 0.852. The number of aryl methyl sites for hydroxylation is 1. The van der Waals surface area contributed by atoms with Crippen molar-refractivity contribution in [2.24, 2.45) is 0 Å². The van der Waals surface area contributed by atoms with Gasteiger partial charge in [0.05, 0.1) is 10.6 Å². The molecule has 9 heteroatoms. The van der Waals surface area contributed by atoms with Gasteiger partial charge in [0.25, 0.3) is 0 Å². The molecule has 0 atom stereocenters. The lowest BCUT2D eigenvalue weighted by Gasteiger charge is -2.34. The standard InChI is InChI=1S/C16H21BrN4O2S2/c1-2-15-18-16(24-19-15)21-9-7-20(8-10-21)11-12-25(22,23)14-5-3-13(17)4-6-14/h3-6H,2,7-12H2,1H3. The van der Waals surface area contributed by atoms with Crippen LogP contribution in [0.25, 0.3) is 0 Å². The Kier molecular flexibility index (Phi) is 6.08. The predicted octanol–water partition coefficient (Wildman–Crippen LogP) is 2.46. The molecule has 2 aromatic rings. The lowest BCUT2D eigenvalue weighted by molar-refractivity contribution is 0.272. The van der Waals surface area contributed by atoms with Gasteiger partial charge in [-0.1, -0.05) is 22.9 Å². The number of aromatic nitrogens is 2. The van der Waals surface area contributed by atoms with Crippen LogP contribution in [-0.4, -0.2) is 61.2 Å². The molecule has 1 fully saturated rings. The Morgan fingerprint density at radius 1 is 1.16 bits per heavy atom. The van der Waals surface area contributed by atoms with Crippen molar-refractivity contribution >= 4 is 42.4 Å². The summed E-state index contributed by atoms with van der Waals surface area (Å²) in [5, 5.41) is 0.971. The zero-order chi connectivity index (χ0) is 17.9. The minimum atomic E-state index is -3.24. The Balaban J connectivity index is 1.51. The second-order valence-corrected chi connectivity index (χ2v) is 9.70. The first-order chi connectivity index (χ1) is 12.0. The second-order valence-electron chi connectivity index (χ2n) is 5.95. The summed E-state index contributed by atoms with van der Waals surface area (Å²) in [5.41, 5.74) is 0. The van der Waals surface area contributed by atoms with Crippen LogP contribution in [-0.2, 0) is 16.3 Å². The number of rotatable bonds is 6. The van der Waals surface area contributed by atoms with Crippen LogP contribution in [0.1, 0.15) is 12.7 Å². The molecule has 0 aliphatic carbocycles. The van der Waals surface area contributed by atoms with Crippen LogP contribution < -0.4 is 4.90 Å². The van der Waals surface area contributed by atoms with Crippen LogP contribution >= 0.6 is 27.5 Å². The first-order valence-electron chi connectivity index (χ1n) is 8.26. The highest BCUT2D eigenvalue weighted by atomic mass is 79.9. The van der Waals surface area contributed by atoms with Crippen molar-refractivity contribution in [1.82, 2.24) is 14.3 Å². The molecule has 6 nitrogen and oxygen atoms in total. The van der Waals surface area contributed by atoms with Crippen molar-refractivity contribution in [2.75, 3.05) is 43.4 Å².